The molecule has 4 nitrogen and oxygen atoms in total. The van der Waals surface area contributed by atoms with Crippen molar-refractivity contribution in [3.63, 3.8) is 0 Å². The molecule has 76 valence electrons. The number of hydrogen-bond acceptors (Lipinski definition) is 4. The minimum Gasteiger partial charge on any atom is -0.369 e. The van der Waals surface area contributed by atoms with E-state index in [1.54, 1.807) is 12.4 Å². The van der Waals surface area contributed by atoms with Gasteiger partial charge in [-0.25, -0.2) is 4.98 Å². The van der Waals surface area contributed by atoms with Crippen molar-refractivity contribution in [2.45, 2.75) is 26.3 Å². The van der Waals surface area contributed by atoms with Crippen LogP contribution in [-0.4, -0.2) is 22.6 Å². The van der Waals surface area contributed by atoms with E-state index in [1.165, 1.54) is 6.42 Å². The molecule has 1 aliphatic rings. The van der Waals surface area contributed by atoms with Crippen LogP contribution in [0.2, 0.25) is 0 Å². The molecule has 2 rings (SSSR count). The minimum absolute atomic E-state index is 0.598. The van der Waals surface area contributed by atoms with Gasteiger partial charge in [0.05, 0.1) is 12.4 Å². The van der Waals surface area contributed by atoms with Crippen LogP contribution in [0.25, 0.3) is 0 Å². The van der Waals surface area contributed by atoms with Gasteiger partial charge in [0.1, 0.15) is 11.6 Å². The zero-order valence-corrected chi connectivity index (χ0v) is 8.62. The summed E-state index contributed by atoms with van der Waals surface area (Å²) in [6.07, 6.45) is 4.75. The fourth-order valence-corrected chi connectivity index (χ4v) is 1.41. The summed E-state index contributed by atoms with van der Waals surface area (Å²) in [5.74, 6) is 2.49. The summed E-state index contributed by atoms with van der Waals surface area (Å²) in [5, 5.41) is 6.49. The lowest BCUT2D eigenvalue weighted by atomic mass is 10.5. The molecule has 1 aromatic heterocycles. The molecule has 2 atom stereocenters. The van der Waals surface area contributed by atoms with Crippen molar-refractivity contribution in [2.24, 2.45) is 5.92 Å². The van der Waals surface area contributed by atoms with Crippen LogP contribution in [0.5, 0.6) is 0 Å². The highest BCUT2D eigenvalue weighted by Gasteiger charge is 2.32. The molecule has 1 saturated carbocycles. The summed E-state index contributed by atoms with van der Waals surface area (Å²) >= 11 is 0. The molecular weight excluding hydrogens is 176 g/mol. The first kappa shape index (κ1) is 9.24. The summed E-state index contributed by atoms with van der Waals surface area (Å²) < 4.78 is 0. The van der Waals surface area contributed by atoms with Gasteiger partial charge in [0, 0.05) is 12.6 Å². The Hall–Kier alpha value is -1.32. The Balaban J connectivity index is 1.99. The van der Waals surface area contributed by atoms with Gasteiger partial charge >= 0.3 is 0 Å². The molecule has 4 heteroatoms. The summed E-state index contributed by atoms with van der Waals surface area (Å²) in [5.41, 5.74) is 0. The molecule has 1 heterocycles. The molecular formula is C10H16N4. The molecule has 0 aromatic carbocycles. The molecule has 0 unspecified atom stereocenters. The Morgan fingerprint density at radius 2 is 2.14 bits per heavy atom. The number of nitrogens with one attached hydrogen (secondary N) is 2. The second kappa shape index (κ2) is 3.82. The SMILES string of the molecule is CCNc1cncc(N[C@@H]2C[C@H]2C)n1. The van der Waals surface area contributed by atoms with Crippen LogP contribution < -0.4 is 10.6 Å². The van der Waals surface area contributed by atoms with Crippen LogP contribution in [0.1, 0.15) is 20.3 Å². The van der Waals surface area contributed by atoms with Gasteiger partial charge in [0.25, 0.3) is 0 Å². The predicted octanol–water partition coefficient (Wildman–Crippen LogP) is 1.73. The molecule has 1 aromatic rings. The van der Waals surface area contributed by atoms with Gasteiger partial charge in [-0.3, -0.25) is 4.98 Å². The summed E-state index contributed by atoms with van der Waals surface area (Å²) in [4.78, 5) is 8.51. The number of anilines is 2. The van der Waals surface area contributed by atoms with E-state index >= 15 is 0 Å². The number of aromatic nitrogens is 2. The third kappa shape index (κ3) is 2.13. The van der Waals surface area contributed by atoms with Gasteiger partial charge in [-0.2, -0.15) is 0 Å². The molecule has 0 amide bonds. The molecule has 0 bridgehead atoms. The van der Waals surface area contributed by atoms with Crippen LogP contribution >= 0.6 is 0 Å². The molecule has 1 aliphatic carbocycles. The fourth-order valence-electron chi connectivity index (χ4n) is 1.41. The highest BCUT2D eigenvalue weighted by molar-refractivity contribution is 5.43. The van der Waals surface area contributed by atoms with E-state index in [1.807, 2.05) is 6.92 Å². The van der Waals surface area contributed by atoms with Gasteiger partial charge in [-0.15, -0.1) is 0 Å². The van der Waals surface area contributed by atoms with E-state index in [9.17, 15) is 0 Å². The summed E-state index contributed by atoms with van der Waals surface area (Å²) in [6, 6.07) is 0.598. The largest absolute Gasteiger partial charge is 0.369 e. The number of nitrogens with zero attached hydrogens (tertiary/aromatic N) is 2. The van der Waals surface area contributed by atoms with Crippen molar-refractivity contribution >= 4 is 11.6 Å². The van der Waals surface area contributed by atoms with Gasteiger partial charge in [0.2, 0.25) is 0 Å². The summed E-state index contributed by atoms with van der Waals surface area (Å²) in [6.45, 7) is 5.15. The highest BCUT2D eigenvalue weighted by Crippen LogP contribution is 2.31. The second-order valence-electron chi connectivity index (χ2n) is 3.78. The maximum atomic E-state index is 4.39. The van der Waals surface area contributed by atoms with Crippen molar-refractivity contribution in [3.8, 4) is 0 Å². The van der Waals surface area contributed by atoms with Crippen molar-refractivity contribution in [1.82, 2.24) is 9.97 Å². The van der Waals surface area contributed by atoms with E-state index in [4.69, 9.17) is 0 Å². The zero-order valence-electron chi connectivity index (χ0n) is 8.62. The van der Waals surface area contributed by atoms with Crippen molar-refractivity contribution in [1.29, 1.82) is 0 Å². The lowest BCUT2D eigenvalue weighted by Gasteiger charge is -2.06. The van der Waals surface area contributed by atoms with Gasteiger partial charge < -0.3 is 10.6 Å². The molecule has 0 spiro atoms. The normalized spacial score (nSPS) is 24.4. The minimum atomic E-state index is 0.598. The summed E-state index contributed by atoms with van der Waals surface area (Å²) in [7, 11) is 0. The van der Waals surface area contributed by atoms with Gasteiger partial charge in [-0.1, -0.05) is 6.92 Å². The zero-order chi connectivity index (χ0) is 9.97. The van der Waals surface area contributed by atoms with Crippen LogP contribution in [-0.2, 0) is 0 Å². The second-order valence-corrected chi connectivity index (χ2v) is 3.78. The first-order valence-corrected chi connectivity index (χ1v) is 5.12. The van der Waals surface area contributed by atoms with Crippen molar-refractivity contribution < 1.29 is 0 Å². The number of rotatable bonds is 4. The van der Waals surface area contributed by atoms with Gasteiger partial charge in [-0.05, 0) is 19.3 Å². The van der Waals surface area contributed by atoms with Gasteiger partial charge in [0.15, 0.2) is 0 Å². The van der Waals surface area contributed by atoms with E-state index in [2.05, 4.69) is 27.5 Å². The quantitative estimate of drug-likeness (QED) is 0.762. The number of hydrogen-bond donors (Lipinski definition) is 2. The molecule has 0 saturated heterocycles. The molecule has 2 N–H and O–H groups in total. The van der Waals surface area contributed by atoms with E-state index < -0.39 is 0 Å². The first-order chi connectivity index (χ1) is 6.79. The van der Waals surface area contributed by atoms with Crippen molar-refractivity contribution in [2.75, 3.05) is 17.2 Å². The molecule has 0 radical (unpaired) electrons. The van der Waals surface area contributed by atoms with Crippen LogP contribution in [0.15, 0.2) is 12.4 Å². The Bertz CT molecular complexity index is 313. The predicted molar refractivity (Wildman–Crippen MR) is 57.4 cm³/mol. The van der Waals surface area contributed by atoms with E-state index in [0.717, 1.165) is 24.1 Å². The monoisotopic (exact) mass is 192 g/mol. The van der Waals surface area contributed by atoms with Crippen molar-refractivity contribution in [3.05, 3.63) is 12.4 Å². The van der Waals surface area contributed by atoms with Crippen LogP contribution in [0, 0.1) is 5.92 Å². The topological polar surface area (TPSA) is 49.8 Å². The smallest absolute Gasteiger partial charge is 0.147 e. The molecule has 0 aliphatic heterocycles. The first-order valence-electron chi connectivity index (χ1n) is 5.12. The third-order valence-electron chi connectivity index (χ3n) is 2.44. The third-order valence-corrected chi connectivity index (χ3v) is 2.44. The van der Waals surface area contributed by atoms with Crippen LogP contribution in [0.3, 0.4) is 0 Å². The average molecular weight is 192 g/mol. The molecule has 14 heavy (non-hydrogen) atoms. The maximum absolute atomic E-state index is 4.39. The van der Waals surface area contributed by atoms with Crippen LogP contribution in [0.4, 0.5) is 11.6 Å². The van der Waals surface area contributed by atoms with E-state index in [0.29, 0.717) is 6.04 Å². The maximum Gasteiger partial charge on any atom is 0.147 e. The lowest BCUT2D eigenvalue weighted by molar-refractivity contribution is 0.921. The Labute approximate surface area is 84.2 Å². The standard InChI is InChI=1S/C10H16N4/c1-3-12-9-5-11-6-10(14-9)13-8-4-7(8)2/h5-8H,3-4H2,1-2H3,(H2,12,13,14)/t7-,8-/m1/s1. The van der Waals surface area contributed by atoms with E-state index in [-0.39, 0.29) is 0 Å². The Kier molecular flexibility index (Phi) is 2.52. The Morgan fingerprint density at radius 3 is 2.79 bits per heavy atom. The Morgan fingerprint density at radius 1 is 1.43 bits per heavy atom. The fraction of sp³-hybridized carbons (Fsp3) is 0.600. The lowest BCUT2D eigenvalue weighted by Crippen LogP contribution is -2.07. The average Bonchev–Trinajstić information content (AvgIpc) is 2.83. The highest BCUT2D eigenvalue weighted by atomic mass is 15.1. The molecule has 1 fully saturated rings.